The van der Waals surface area contributed by atoms with Gasteiger partial charge < -0.3 is 9.16 Å². The summed E-state index contributed by atoms with van der Waals surface area (Å²) in [6.45, 7) is 4.20. The van der Waals surface area contributed by atoms with Crippen LogP contribution in [-0.4, -0.2) is 16.2 Å². The molecule has 0 saturated heterocycles. The average molecular weight is 248 g/mol. The molecule has 0 aliphatic carbocycles. The molecule has 0 amide bonds. The maximum Gasteiger partial charge on any atom is 0.274 e. The van der Waals surface area contributed by atoms with Gasteiger partial charge >= 0.3 is 0 Å². The molecule has 1 radical (unpaired) electrons. The minimum absolute atomic E-state index is 0.585. The molecule has 0 aliphatic rings. The molecule has 0 fully saturated rings. The summed E-state index contributed by atoms with van der Waals surface area (Å²) >= 11 is 0. The predicted octanol–water partition coefficient (Wildman–Crippen LogP) is 3.17. The molecule has 4 heteroatoms. The van der Waals surface area contributed by atoms with E-state index in [0.29, 0.717) is 6.42 Å². The lowest BCUT2D eigenvalue weighted by atomic mass is 10.1. The molecule has 91 valence electrons. The van der Waals surface area contributed by atoms with Gasteiger partial charge in [-0.1, -0.05) is 6.07 Å². The van der Waals surface area contributed by atoms with Crippen molar-refractivity contribution in [1.29, 1.82) is 5.26 Å². The Balaban J connectivity index is 2.82. The van der Waals surface area contributed by atoms with Crippen LogP contribution < -0.4 is 9.16 Å². The Kier molecular flexibility index (Phi) is 5.57. The SMILES string of the molecule is COc1ccc(CCCC#N)c(O[Si](C)C)c1. The fraction of sp³-hybridized carbons (Fsp3) is 0.462. The van der Waals surface area contributed by atoms with Gasteiger partial charge in [0.2, 0.25) is 0 Å². The summed E-state index contributed by atoms with van der Waals surface area (Å²) in [5.41, 5.74) is 1.16. The van der Waals surface area contributed by atoms with Crippen molar-refractivity contribution in [3.8, 4) is 17.6 Å². The molecule has 0 heterocycles. The summed E-state index contributed by atoms with van der Waals surface area (Å²) in [5, 5.41) is 8.54. The minimum atomic E-state index is -0.784. The predicted molar refractivity (Wildman–Crippen MR) is 69.7 cm³/mol. The van der Waals surface area contributed by atoms with Crippen LogP contribution in [-0.2, 0) is 6.42 Å². The zero-order valence-corrected chi connectivity index (χ0v) is 11.6. The lowest BCUT2D eigenvalue weighted by Crippen LogP contribution is -2.12. The Morgan fingerprint density at radius 1 is 1.35 bits per heavy atom. The second-order valence-corrected chi connectivity index (χ2v) is 6.02. The van der Waals surface area contributed by atoms with Crippen LogP contribution in [0.5, 0.6) is 11.5 Å². The van der Waals surface area contributed by atoms with E-state index in [-0.39, 0.29) is 0 Å². The fourth-order valence-electron chi connectivity index (χ4n) is 1.54. The summed E-state index contributed by atoms with van der Waals surface area (Å²) in [6, 6.07) is 8.05. The van der Waals surface area contributed by atoms with E-state index in [1.165, 1.54) is 0 Å². The number of nitriles is 1. The summed E-state index contributed by atoms with van der Waals surface area (Å²) in [4.78, 5) is 0. The van der Waals surface area contributed by atoms with Crippen LogP contribution >= 0.6 is 0 Å². The monoisotopic (exact) mass is 248 g/mol. The van der Waals surface area contributed by atoms with Gasteiger partial charge in [0, 0.05) is 12.5 Å². The fourth-order valence-corrected chi connectivity index (χ4v) is 2.17. The van der Waals surface area contributed by atoms with Gasteiger partial charge in [-0.2, -0.15) is 5.26 Å². The van der Waals surface area contributed by atoms with E-state index in [4.69, 9.17) is 14.4 Å². The van der Waals surface area contributed by atoms with Crippen LogP contribution in [0, 0.1) is 11.3 Å². The molecule has 1 aromatic carbocycles. The van der Waals surface area contributed by atoms with E-state index >= 15 is 0 Å². The highest BCUT2D eigenvalue weighted by molar-refractivity contribution is 6.49. The van der Waals surface area contributed by atoms with Gasteiger partial charge in [0.05, 0.1) is 13.2 Å². The third-order valence-electron chi connectivity index (χ3n) is 2.32. The summed E-state index contributed by atoms with van der Waals surface area (Å²) in [5.74, 6) is 1.72. The van der Waals surface area contributed by atoms with E-state index < -0.39 is 9.04 Å². The summed E-state index contributed by atoms with van der Waals surface area (Å²) in [7, 11) is 0.867. The molecule has 0 aromatic heterocycles. The van der Waals surface area contributed by atoms with Gasteiger partial charge in [-0.25, -0.2) is 0 Å². The molecule has 0 saturated carbocycles. The molecule has 17 heavy (non-hydrogen) atoms. The Bertz CT molecular complexity index is 399. The highest BCUT2D eigenvalue weighted by Gasteiger charge is 2.08. The van der Waals surface area contributed by atoms with Crippen molar-refractivity contribution in [2.75, 3.05) is 7.11 Å². The lowest BCUT2D eigenvalue weighted by molar-refractivity contribution is 0.412. The third-order valence-corrected chi connectivity index (χ3v) is 2.95. The van der Waals surface area contributed by atoms with Crippen molar-refractivity contribution in [2.24, 2.45) is 0 Å². The summed E-state index contributed by atoms with van der Waals surface area (Å²) in [6.07, 6.45) is 2.33. The first-order valence-electron chi connectivity index (χ1n) is 5.69. The first kappa shape index (κ1) is 13.6. The van der Waals surface area contributed by atoms with E-state index in [9.17, 15) is 0 Å². The first-order chi connectivity index (χ1) is 8.17. The Morgan fingerprint density at radius 3 is 2.71 bits per heavy atom. The van der Waals surface area contributed by atoms with Crippen molar-refractivity contribution < 1.29 is 9.16 Å². The molecule has 3 nitrogen and oxygen atoms in total. The number of ether oxygens (including phenoxy) is 1. The molecule has 0 unspecified atom stereocenters. The number of unbranched alkanes of at least 4 members (excludes halogenated alkanes) is 1. The molecular formula is C13H18NO2Si. The van der Waals surface area contributed by atoms with Crippen molar-refractivity contribution >= 4 is 9.04 Å². The number of hydrogen-bond acceptors (Lipinski definition) is 3. The highest BCUT2D eigenvalue weighted by Crippen LogP contribution is 2.26. The first-order valence-corrected chi connectivity index (χ1v) is 8.10. The molecule has 0 atom stereocenters. The van der Waals surface area contributed by atoms with Crippen LogP contribution in [0.2, 0.25) is 13.1 Å². The molecule has 0 spiro atoms. The topological polar surface area (TPSA) is 42.2 Å². The van der Waals surface area contributed by atoms with Crippen LogP contribution in [0.25, 0.3) is 0 Å². The highest BCUT2D eigenvalue weighted by atomic mass is 28.3. The molecule has 1 rings (SSSR count). The number of benzene rings is 1. The zero-order chi connectivity index (χ0) is 12.7. The van der Waals surface area contributed by atoms with Crippen molar-refractivity contribution in [3.63, 3.8) is 0 Å². The quantitative estimate of drug-likeness (QED) is 0.573. The number of hydrogen-bond donors (Lipinski definition) is 0. The number of nitrogens with zero attached hydrogens (tertiary/aromatic N) is 1. The van der Waals surface area contributed by atoms with Gasteiger partial charge in [-0.3, -0.25) is 0 Å². The van der Waals surface area contributed by atoms with Gasteiger partial charge in [-0.05, 0) is 37.6 Å². The van der Waals surface area contributed by atoms with Crippen LogP contribution in [0.4, 0.5) is 0 Å². The standard InChI is InChI=1S/C13H18NO2Si/c1-15-12-8-7-11(6-4-5-9-14)13(10-12)16-17(2)3/h7-8,10H,4-6H2,1-3H3. The maximum absolute atomic E-state index is 8.54. The summed E-state index contributed by atoms with van der Waals surface area (Å²) < 4.78 is 11.1. The zero-order valence-electron chi connectivity index (χ0n) is 10.6. The maximum atomic E-state index is 8.54. The largest absolute Gasteiger partial charge is 0.542 e. The molecule has 0 aliphatic heterocycles. The van der Waals surface area contributed by atoms with Crippen LogP contribution in [0.15, 0.2) is 18.2 Å². The van der Waals surface area contributed by atoms with Crippen LogP contribution in [0.1, 0.15) is 18.4 Å². The molecule has 0 bridgehead atoms. The molecule has 0 N–H and O–H groups in total. The van der Waals surface area contributed by atoms with Crippen molar-refractivity contribution in [3.05, 3.63) is 23.8 Å². The smallest absolute Gasteiger partial charge is 0.274 e. The van der Waals surface area contributed by atoms with Crippen LogP contribution in [0.3, 0.4) is 0 Å². The molecular weight excluding hydrogens is 230 g/mol. The van der Waals surface area contributed by atoms with Gasteiger partial charge in [-0.15, -0.1) is 0 Å². The van der Waals surface area contributed by atoms with Gasteiger partial charge in [0.25, 0.3) is 9.04 Å². The minimum Gasteiger partial charge on any atom is -0.542 e. The second kappa shape index (κ2) is 6.97. The molecule has 1 aromatic rings. The second-order valence-electron chi connectivity index (χ2n) is 4.00. The van der Waals surface area contributed by atoms with Crippen molar-refractivity contribution in [2.45, 2.75) is 32.4 Å². The lowest BCUT2D eigenvalue weighted by Gasteiger charge is -2.14. The average Bonchev–Trinajstić information content (AvgIpc) is 2.30. The number of methoxy groups -OCH3 is 1. The van der Waals surface area contributed by atoms with E-state index in [1.807, 2.05) is 18.2 Å². The van der Waals surface area contributed by atoms with Gasteiger partial charge in [0.1, 0.15) is 11.5 Å². The van der Waals surface area contributed by atoms with E-state index in [2.05, 4.69) is 19.2 Å². The van der Waals surface area contributed by atoms with Crippen molar-refractivity contribution in [1.82, 2.24) is 0 Å². The Hall–Kier alpha value is -1.47. The number of aryl methyl sites for hydroxylation is 1. The third kappa shape index (κ3) is 4.49. The Labute approximate surface area is 105 Å². The van der Waals surface area contributed by atoms with E-state index in [0.717, 1.165) is 29.9 Å². The van der Waals surface area contributed by atoms with E-state index in [1.54, 1.807) is 7.11 Å². The van der Waals surface area contributed by atoms with Gasteiger partial charge in [0.15, 0.2) is 0 Å². The Morgan fingerprint density at radius 2 is 2.12 bits per heavy atom. The number of rotatable bonds is 6. The normalized spacial score (nSPS) is 10.1.